The minimum Gasteiger partial charge on any atom is -0.395 e. The molecular weight excluding hydrogens is 176 g/mol. The van der Waals surface area contributed by atoms with Crippen LogP contribution in [0.3, 0.4) is 0 Å². The monoisotopic (exact) mass is 202 g/mol. The average Bonchev–Trinajstić information content (AvgIpc) is 2.20. The Morgan fingerprint density at radius 2 is 1.79 bits per heavy atom. The van der Waals surface area contributed by atoms with E-state index in [1.807, 2.05) is 0 Å². The van der Waals surface area contributed by atoms with Crippen molar-refractivity contribution in [2.45, 2.75) is 33.1 Å². The molecule has 0 aliphatic carbocycles. The zero-order valence-electron chi connectivity index (χ0n) is 9.76. The van der Waals surface area contributed by atoms with Gasteiger partial charge in [-0.3, -0.25) is 4.90 Å². The molecule has 2 N–H and O–H groups in total. The summed E-state index contributed by atoms with van der Waals surface area (Å²) in [5.41, 5.74) is 0. The van der Waals surface area contributed by atoms with Crippen LogP contribution in [0, 0.1) is 0 Å². The third kappa shape index (κ3) is 8.48. The Morgan fingerprint density at radius 1 is 1.00 bits per heavy atom. The first-order chi connectivity index (χ1) is 6.85. The topological polar surface area (TPSA) is 35.5 Å². The van der Waals surface area contributed by atoms with E-state index in [9.17, 15) is 0 Å². The second kappa shape index (κ2) is 11.0. The molecule has 0 atom stereocenters. The first-order valence-electron chi connectivity index (χ1n) is 5.89. The third-order valence-corrected chi connectivity index (χ3v) is 2.28. The van der Waals surface area contributed by atoms with Gasteiger partial charge in [-0.15, -0.1) is 0 Å². The lowest BCUT2D eigenvalue weighted by molar-refractivity contribution is 0.194. The molecule has 3 nitrogen and oxygen atoms in total. The molecule has 0 unspecified atom stereocenters. The molecular formula is C11H26N2O. The van der Waals surface area contributed by atoms with Crippen molar-refractivity contribution in [2.75, 3.05) is 39.3 Å². The molecule has 0 radical (unpaired) electrons. The molecule has 3 heteroatoms. The summed E-state index contributed by atoms with van der Waals surface area (Å²) >= 11 is 0. The second-order valence-corrected chi connectivity index (χ2v) is 3.67. The van der Waals surface area contributed by atoms with Crippen molar-refractivity contribution in [3.05, 3.63) is 0 Å². The van der Waals surface area contributed by atoms with Gasteiger partial charge in [0.15, 0.2) is 0 Å². The Morgan fingerprint density at radius 3 is 2.36 bits per heavy atom. The summed E-state index contributed by atoms with van der Waals surface area (Å²) in [6.07, 6.45) is 3.65. The van der Waals surface area contributed by atoms with Crippen molar-refractivity contribution >= 4 is 0 Å². The van der Waals surface area contributed by atoms with Gasteiger partial charge in [-0.2, -0.15) is 0 Å². The number of nitrogens with one attached hydrogen (secondary N) is 1. The molecule has 0 saturated carbocycles. The maximum atomic E-state index is 8.88. The standard InChI is InChI=1S/C11H26N2O/c1-3-5-8-13(10-11-14)9-7-12-6-4-2/h12,14H,3-11H2,1-2H3. The smallest absolute Gasteiger partial charge is 0.0558 e. The quantitative estimate of drug-likeness (QED) is 0.520. The summed E-state index contributed by atoms with van der Waals surface area (Å²) in [6, 6.07) is 0. The number of hydrogen-bond acceptors (Lipinski definition) is 3. The van der Waals surface area contributed by atoms with Gasteiger partial charge in [0.25, 0.3) is 0 Å². The summed E-state index contributed by atoms with van der Waals surface area (Å²) in [5, 5.41) is 12.3. The van der Waals surface area contributed by atoms with Crippen LogP contribution in [0.4, 0.5) is 0 Å². The Kier molecular flexibility index (Phi) is 10.9. The van der Waals surface area contributed by atoms with Gasteiger partial charge in [-0.05, 0) is 25.9 Å². The normalized spacial score (nSPS) is 11.1. The molecule has 0 aromatic carbocycles. The van der Waals surface area contributed by atoms with Crippen LogP contribution in [0.1, 0.15) is 33.1 Å². The number of nitrogens with zero attached hydrogens (tertiary/aromatic N) is 1. The SMILES string of the molecule is CCCCN(CCO)CCNCCC. The van der Waals surface area contributed by atoms with Gasteiger partial charge in [0.1, 0.15) is 0 Å². The lowest BCUT2D eigenvalue weighted by atomic mass is 10.3. The summed E-state index contributed by atoms with van der Waals surface area (Å²) in [6.45, 7) is 9.77. The minimum absolute atomic E-state index is 0.275. The van der Waals surface area contributed by atoms with Crippen molar-refractivity contribution in [3.8, 4) is 0 Å². The Hall–Kier alpha value is -0.120. The van der Waals surface area contributed by atoms with Crippen molar-refractivity contribution in [1.29, 1.82) is 0 Å². The van der Waals surface area contributed by atoms with Crippen molar-refractivity contribution in [3.63, 3.8) is 0 Å². The zero-order valence-corrected chi connectivity index (χ0v) is 9.76. The highest BCUT2D eigenvalue weighted by molar-refractivity contribution is 4.59. The lowest BCUT2D eigenvalue weighted by Crippen LogP contribution is -2.35. The van der Waals surface area contributed by atoms with Crippen LogP contribution in [-0.2, 0) is 0 Å². The van der Waals surface area contributed by atoms with E-state index in [0.29, 0.717) is 0 Å². The summed E-state index contributed by atoms with van der Waals surface area (Å²) in [7, 11) is 0. The van der Waals surface area contributed by atoms with Gasteiger partial charge in [0.2, 0.25) is 0 Å². The average molecular weight is 202 g/mol. The number of hydrogen-bond donors (Lipinski definition) is 2. The summed E-state index contributed by atoms with van der Waals surface area (Å²) in [5.74, 6) is 0. The molecule has 0 amide bonds. The fourth-order valence-corrected chi connectivity index (χ4v) is 1.40. The highest BCUT2D eigenvalue weighted by atomic mass is 16.3. The minimum atomic E-state index is 0.275. The van der Waals surface area contributed by atoms with E-state index < -0.39 is 0 Å². The molecule has 0 spiro atoms. The van der Waals surface area contributed by atoms with Gasteiger partial charge in [-0.25, -0.2) is 0 Å². The highest BCUT2D eigenvalue weighted by Crippen LogP contribution is 1.93. The van der Waals surface area contributed by atoms with Crippen molar-refractivity contribution in [1.82, 2.24) is 10.2 Å². The van der Waals surface area contributed by atoms with Crippen LogP contribution < -0.4 is 5.32 Å². The molecule has 0 bridgehead atoms. The molecule has 86 valence electrons. The molecule has 0 saturated heterocycles. The first-order valence-corrected chi connectivity index (χ1v) is 5.89. The first kappa shape index (κ1) is 13.9. The van der Waals surface area contributed by atoms with Crippen LogP contribution in [0.25, 0.3) is 0 Å². The Bertz CT molecular complexity index is 109. The van der Waals surface area contributed by atoms with Gasteiger partial charge in [-0.1, -0.05) is 20.3 Å². The van der Waals surface area contributed by atoms with E-state index in [-0.39, 0.29) is 6.61 Å². The fraction of sp³-hybridized carbons (Fsp3) is 1.00. The highest BCUT2D eigenvalue weighted by Gasteiger charge is 2.01. The van der Waals surface area contributed by atoms with Crippen LogP contribution in [0.2, 0.25) is 0 Å². The predicted octanol–water partition coefficient (Wildman–Crippen LogP) is 1.08. The fourth-order valence-electron chi connectivity index (χ4n) is 1.40. The molecule has 0 aromatic heterocycles. The van der Waals surface area contributed by atoms with Crippen LogP contribution >= 0.6 is 0 Å². The van der Waals surface area contributed by atoms with Crippen molar-refractivity contribution < 1.29 is 5.11 Å². The molecule has 0 aliphatic heterocycles. The molecule has 0 heterocycles. The second-order valence-electron chi connectivity index (χ2n) is 3.67. The van der Waals surface area contributed by atoms with E-state index in [4.69, 9.17) is 5.11 Å². The Labute approximate surface area is 88.5 Å². The van der Waals surface area contributed by atoms with Crippen LogP contribution in [0.5, 0.6) is 0 Å². The third-order valence-electron chi connectivity index (χ3n) is 2.28. The lowest BCUT2D eigenvalue weighted by Gasteiger charge is -2.20. The maximum Gasteiger partial charge on any atom is 0.0558 e. The Balaban J connectivity index is 3.40. The maximum absolute atomic E-state index is 8.88. The number of aliphatic hydroxyl groups excluding tert-OH is 1. The van der Waals surface area contributed by atoms with Gasteiger partial charge < -0.3 is 10.4 Å². The van der Waals surface area contributed by atoms with Gasteiger partial charge >= 0.3 is 0 Å². The van der Waals surface area contributed by atoms with E-state index in [1.54, 1.807) is 0 Å². The molecule has 0 aromatic rings. The van der Waals surface area contributed by atoms with Gasteiger partial charge in [0.05, 0.1) is 6.61 Å². The zero-order chi connectivity index (χ0) is 10.6. The number of aliphatic hydroxyl groups is 1. The van der Waals surface area contributed by atoms with E-state index in [2.05, 4.69) is 24.1 Å². The van der Waals surface area contributed by atoms with E-state index >= 15 is 0 Å². The van der Waals surface area contributed by atoms with Crippen LogP contribution in [-0.4, -0.2) is 49.3 Å². The summed E-state index contributed by atoms with van der Waals surface area (Å²) in [4.78, 5) is 2.33. The molecule has 0 aliphatic rings. The van der Waals surface area contributed by atoms with Gasteiger partial charge in [0, 0.05) is 19.6 Å². The number of rotatable bonds is 10. The predicted molar refractivity (Wildman–Crippen MR) is 61.6 cm³/mol. The van der Waals surface area contributed by atoms with Crippen molar-refractivity contribution in [2.24, 2.45) is 0 Å². The molecule has 0 fully saturated rings. The van der Waals surface area contributed by atoms with Crippen LogP contribution in [0.15, 0.2) is 0 Å². The molecule has 0 rings (SSSR count). The molecule has 14 heavy (non-hydrogen) atoms. The summed E-state index contributed by atoms with van der Waals surface area (Å²) < 4.78 is 0. The van der Waals surface area contributed by atoms with E-state index in [1.165, 1.54) is 19.3 Å². The largest absolute Gasteiger partial charge is 0.395 e. The van der Waals surface area contributed by atoms with E-state index in [0.717, 1.165) is 32.7 Å². The number of unbranched alkanes of at least 4 members (excludes halogenated alkanes) is 1.